The van der Waals surface area contributed by atoms with Crippen molar-refractivity contribution in [1.29, 1.82) is 0 Å². The van der Waals surface area contributed by atoms with Crippen LogP contribution in [-0.4, -0.2) is 35.5 Å². The fourth-order valence-corrected chi connectivity index (χ4v) is 3.09. The number of rotatable bonds is 4. The minimum Gasteiger partial charge on any atom is -0.393 e. The lowest BCUT2D eigenvalue weighted by molar-refractivity contribution is -0.240. The van der Waals surface area contributed by atoms with Gasteiger partial charge >= 0.3 is 0 Å². The molecule has 2 rings (SSSR count). The van der Waals surface area contributed by atoms with Gasteiger partial charge in [-0.2, -0.15) is 0 Å². The first-order valence-electron chi connectivity index (χ1n) is 6.62. The van der Waals surface area contributed by atoms with Crippen LogP contribution in [0.1, 0.15) is 47.0 Å². The Morgan fingerprint density at radius 1 is 1.12 bits per heavy atom. The Labute approximate surface area is 103 Å². The van der Waals surface area contributed by atoms with Gasteiger partial charge in [0.25, 0.3) is 0 Å². The number of hydrogen-bond acceptors (Lipinski definition) is 4. The first-order valence-corrected chi connectivity index (χ1v) is 6.62. The van der Waals surface area contributed by atoms with E-state index < -0.39 is 11.4 Å². The van der Waals surface area contributed by atoms with Crippen LogP contribution in [0.3, 0.4) is 0 Å². The summed E-state index contributed by atoms with van der Waals surface area (Å²) in [5, 5.41) is 9.66. The monoisotopic (exact) mass is 244 g/mol. The highest BCUT2D eigenvalue weighted by Crippen LogP contribution is 2.48. The molecule has 0 amide bonds. The molecule has 0 aliphatic carbocycles. The molecule has 2 aliphatic rings. The van der Waals surface area contributed by atoms with Crippen molar-refractivity contribution in [1.82, 2.24) is 0 Å². The van der Waals surface area contributed by atoms with E-state index >= 15 is 0 Å². The molecule has 2 fully saturated rings. The average Bonchev–Trinajstić information content (AvgIpc) is 2.71. The summed E-state index contributed by atoms with van der Waals surface area (Å²) in [6.07, 6.45) is 2.47. The minimum atomic E-state index is -0.573. The fraction of sp³-hybridized carbons (Fsp3) is 1.00. The van der Waals surface area contributed by atoms with E-state index in [0.29, 0.717) is 0 Å². The quantitative estimate of drug-likeness (QED) is 0.822. The molecule has 2 saturated heterocycles. The number of ether oxygens (including phenoxy) is 3. The lowest BCUT2D eigenvalue weighted by Crippen LogP contribution is -2.43. The summed E-state index contributed by atoms with van der Waals surface area (Å²) < 4.78 is 17.7. The van der Waals surface area contributed by atoms with Gasteiger partial charge in [-0.15, -0.1) is 0 Å². The van der Waals surface area contributed by atoms with Crippen molar-refractivity contribution in [2.75, 3.05) is 6.61 Å². The molecule has 0 radical (unpaired) electrons. The molecule has 2 aliphatic heterocycles. The van der Waals surface area contributed by atoms with Crippen LogP contribution in [0, 0.1) is 5.92 Å². The van der Waals surface area contributed by atoms with Gasteiger partial charge in [0, 0.05) is 5.92 Å². The molecule has 0 bridgehead atoms. The van der Waals surface area contributed by atoms with Crippen LogP contribution in [0.2, 0.25) is 0 Å². The zero-order valence-electron chi connectivity index (χ0n) is 11.2. The van der Waals surface area contributed by atoms with Gasteiger partial charge in [-0.3, -0.25) is 0 Å². The Kier molecular flexibility index (Phi) is 3.51. The Morgan fingerprint density at radius 2 is 1.82 bits per heavy atom. The molecule has 0 unspecified atom stereocenters. The molecular formula is C13H24O4. The molecule has 100 valence electrons. The van der Waals surface area contributed by atoms with E-state index in [9.17, 15) is 5.11 Å². The molecular weight excluding hydrogens is 220 g/mol. The largest absolute Gasteiger partial charge is 0.393 e. The zero-order valence-corrected chi connectivity index (χ0v) is 11.2. The van der Waals surface area contributed by atoms with Gasteiger partial charge in [-0.1, -0.05) is 20.3 Å². The van der Waals surface area contributed by atoms with Crippen molar-refractivity contribution in [3.05, 3.63) is 0 Å². The molecule has 17 heavy (non-hydrogen) atoms. The highest BCUT2D eigenvalue weighted by molar-refractivity contribution is 5.01. The predicted molar refractivity (Wildman–Crippen MR) is 63.4 cm³/mol. The number of aliphatic hydroxyl groups excluding tert-OH is 1. The summed E-state index contributed by atoms with van der Waals surface area (Å²) in [6, 6.07) is 0. The molecule has 1 N–H and O–H groups in total. The number of aliphatic hydroxyl groups is 1. The topological polar surface area (TPSA) is 47.9 Å². The number of hydrogen-bond donors (Lipinski definition) is 1. The SMILES string of the molecule is CCC[C@H]1[C@H]2OC(C)(C)O[C@H]2O[C@@]1(CC)CO. The molecule has 0 aromatic heterocycles. The van der Waals surface area contributed by atoms with Crippen LogP contribution < -0.4 is 0 Å². The second kappa shape index (κ2) is 4.50. The van der Waals surface area contributed by atoms with E-state index in [1.54, 1.807) is 0 Å². The van der Waals surface area contributed by atoms with Gasteiger partial charge in [-0.25, -0.2) is 0 Å². The standard InChI is InChI=1S/C13H24O4/c1-5-7-9-10-11(16-12(3,4)15-10)17-13(9,6-2)8-14/h9-11,14H,5-8H2,1-4H3/t9-,10+,11-,13-/m0/s1. The lowest BCUT2D eigenvalue weighted by atomic mass is 9.81. The molecule has 2 heterocycles. The average molecular weight is 244 g/mol. The zero-order chi connectivity index (χ0) is 12.7. The highest BCUT2D eigenvalue weighted by atomic mass is 16.8. The third kappa shape index (κ3) is 2.12. The lowest BCUT2D eigenvalue weighted by Gasteiger charge is -2.34. The van der Waals surface area contributed by atoms with Crippen molar-refractivity contribution in [2.45, 2.75) is 70.7 Å². The number of fused-ring (bicyclic) bond motifs is 1. The maximum absolute atomic E-state index is 9.66. The van der Waals surface area contributed by atoms with Crippen molar-refractivity contribution >= 4 is 0 Å². The summed E-state index contributed by atoms with van der Waals surface area (Å²) in [6.45, 7) is 8.04. The highest BCUT2D eigenvalue weighted by Gasteiger charge is 2.60. The van der Waals surface area contributed by atoms with Gasteiger partial charge in [0.05, 0.1) is 12.2 Å². The molecule has 4 heteroatoms. The maximum atomic E-state index is 9.66. The Morgan fingerprint density at radius 3 is 2.35 bits per heavy atom. The van der Waals surface area contributed by atoms with Crippen LogP contribution in [0.15, 0.2) is 0 Å². The van der Waals surface area contributed by atoms with E-state index in [-0.39, 0.29) is 24.9 Å². The summed E-state index contributed by atoms with van der Waals surface area (Å²) in [7, 11) is 0. The van der Waals surface area contributed by atoms with E-state index in [0.717, 1.165) is 19.3 Å². The molecule has 0 aromatic rings. The Balaban J connectivity index is 2.20. The second-order valence-corrected chi connectivity index (χ2v) is 5.56. The van der Waals surface area contributed by atoms with Crippen LogP contribution >= 0.6 is 0 Å². The van der Waals surface area contributed by atoms with Crippen LogP contribution in [-0.2, 0) is 14.2 Å². The van der Waals surface area contributed by atoms with E-state index in [4.69, 9.17) is 14.2 Å². The fourth-order valence-electron chi connectivity index (χ4n) is 3.09. The first-order chi connectivity index (χ1) is 7.98. The first kappa shape index (κ1) is 13.3. The predicted octanol–water partition coefficient (Wildman–Crippen LogP) is 2.05. The van der Waals surface area contributed by atoms with Gasteiger partial charge in [0.2, 0.25) is 0 Å². The normalized spacial score (nSPS) is 43.9. The molecule has 4 atom stereocenters. The molecule has 4 nitrogen and oxygen atoms in total. The van der Waals surface area contributed by atoms with Gasteiger partial charge in [0.1, 0.15) is 6.10 Å². The summed E-state index contributed by atoms with van der Waals surface area (Å²) in [4.78, 5) is 0. The van der Waals surface area contributed by atoms with Crippen LogP contribution in [0.4, 0.5) is 0 Å². The van der Waals surface area contributed by atoms with Gasteiger partial charge < -0.3 is 19.3 Å². The summed E-state index contributed by atoms with van der Waals surface area (Å²) >= 11 is 0. The van der Waals surface area contributed by atoms with Crippen LogP contribution in [0.5, 0.6) is 0 Å². The summed E-state index contributed by atoms with van der Waals surface area (Å²) in [5.74, 6) is -0.356. The Hall–Kier alpha value is -0.160. The van der Waals surface area contributed by atoms with Crippen molar-refractivity contribution < 1.29 is 19.3 Å². The van der Waals surface area contributed by atoms with E-state index in [2.05, 4.69) is 6.92 Å². The van der Waals surface area contributed by atoms with Crippen molar-refractivity contribution in [3.8, 4) is 0 Å². The second-order valence-electron chi connectivity index (χ2n) is 5.56. The third-order valence-electron chi connectivity index (χ3n) is 3.98. The van der Waals surface area contributed by atoms with Gasteiger partial charge in [0.15, 0.2) is 12.1 Å². The van der Waals surface area contributed by atoms with Crippen molar-refractivity contribution in [2.24, 2.45) is 5.92 Å². The Bertz CT molecular complexity index is 273. The maximum Gasteiger partial charge on any atom is 0.188 e. The minimum absolute atomic E-state index is 0.0360. The van der Waals surface area contributed by atoms with E-state index in [1.807, 2.05) is 20.8 Å². The smallest absolute Gasteiger partial charge is 0.188 e. The third-order valence-corrected chi connectivity index (χ3v) is 3.98. The van der Waals surface area contributed by atoms with Gasteiger partial charge in [-0.05, 0) is 26.7 Å². The molecule has 0 aromatic carbocycles. The van der Waals surface area contributed by atoms with Crippen molar-refractivity contribution in [3.63, 3.8) is 0 Å². The molecule has 0 saturated carbocycles. The van der Waals surface area contributed by atoms with Crippen LogP contribution in [0.25, 0.3) is 0 Å². The van der Waals surface area contributed by atoms with E-state index in [1.165, 1.54) is 0 Å². The summed E-state index contributed by atoms with van der Waals surface area (Å²) in [5.41, 5.74) is -0.484. The molecule has 0 spiro atoms.